The summed E-state index contributed by atoms with van der Waals surface area (Å²) >= 11 is 0. The molecular weight excluding hydrogens is 332 g/mol. The number of esters is 1. The normalized spacial score (nSPS) is 21.0. The van der Waals surface area contributed by atoms with E-state index in [1.54, 1.807) is 13.0 Å². The van der Waals surface area contributed by atoms with Gasteiger partial charge >= 0.3 is 11.9 Å². The summed E-state index contributed by atoms with van der Waals surface area (Å²) in [4.78, 5) is 22.8. The molecule has 0 fully saturated rings. The van der Waals surface area contributed by atoms with Crippen LogP contribution in [0.5, 0.6) is 5.75 Å². The van der Waals surface area contributed by atoms with E-state index in [1.807, 2.05) is 6.08 Å². The molecular formula is C21H28O5. The molecule has 0 radical (unpaired) electrons. The molecule has 1 aliphatic carbocycles. The Kier molecular flexibility index (Phi) is 6.46. The van der Waals surface area contributed by atoms with E-state index in [1.165, 1.54) is 13.2 Å². The third kappa shape index (κ3) is 4.26. The summed E-state index contributed by atoms with van der Waals surface area (Å²) in [5.74, 6) is -0.511. The van der Waals surface area contributed by atoms with Gasteiger partial charge in [-0.2, -0.15) is 0 Å². The Morgan fingerprint density at radius 3 is 2.65 bits per heavy atom. The second kappa shape index (κ2) is 8.39. The molecule has 1 aromatic rings. The van der Waals surface area contributed by atoms with Crippen molar-refractivity contribution < 1.29 is 24.5 Å². The highest BCUT2D eigenvalue weighted by atomic mass is 16.5. The molecule has 0 bridgehead atoms. The molecule has 0 amide bonds. The lowest BCUT2D eigenvalue weighted by Crippen LogP contribution is -2.19. The smallest absolute Gasteiger partial charge is 0.335 e. The molecule has 2 rings (SSSR count). The van der Waals surface area contributed by atoms with Gasteiger partial charge in [0.2, 0.25) is 0 Å². The van der Waals surface area contributed by atoms with E-state index in [0.29, 0.717) is 11.5 Å². The van der Waals surface area contributed by atoms with Gasteiger partial charge in [-0.1, -0.05) is 19.9 Å². The van der Waals surface area contributed by atoms with Crippen molar-refractivity contribution >= 4 is 11.9 Å². The molecule has 0 spiro atoms. The topological polar surface area (TPSA) is 83.8 Å². The van der Waals surface area contributed by atoms with Crippen molar-refractivity contribution in [1.82, 2.24) is 0 Å². The molecule has 142 valence electrons. The number of aromatic carboxylic acids is 1. The number of ether oxygens (including phenoxy) is 1. The van der Waals surface area contributed by atoms with E-state index in [9.17, 15) is 19.8 Å². The third-order valence-electron chi connectivity index (χ3n) is 5.51. The minimum atomic E-state index is -1.02. The second-order valence-electron chi connectivity index (χ2n) is 7.32. The Labute approximate surface area is 154 Å². The van der Waals surface area contributed by atoms with E-state index in [2.05, 4.69) is 13.8 Å². The van der Waals surface area contributed by atoms with Gasteiger partial charge in [-0.15, -0.1) is 0 Å². The van der Waals surface area contributed by atoms with Crippen molar-refractivity contribution in [3.8, 4) is 5.75 Å². The first-order valence-electron chi connectivity index (χ1n) is 9.11. The first-order valence-corrected chi connectivity index (χ1v) is 9.11. The number of carbonyl (C=O) groups is 2. The van der Waals surface area contributed by atoms with Crippen LogP contribution in [-0.4, -0.2) is 29.3 Å². The van der Waals surface area contributed by atoms with Gasteiger partial charge in [0, 0.05) is 11.1 Å². The fraction of sp³-hybridized carbons (Fsp3) is 0.524. The molecule has 2 N–H and O–H groups in total. The molecule has 0 unspecified atom stereocenters. The number of hydrogen-bond acceptors (Lipinski definition) is 4. The third-order valence-corrected chi connectivity index (χ3v) is 5.51. The average molecular weight is 360 g/mol. The van der Waals surface area contributed by atoms with Gasteiger partial charge in [-0.25, -0.2) is 9.59 Å². The van der Waals surface area contributed by atoms with Gasteiger partial charge in [0.15, 0.2) is 0 Å². The zero-order valence-electron chi connectivity index (χ0n) is 15.9. The van der Waals surface area contributed by atoms with Crippen molar-refractivity contribution in [1.29, 1.82) is 0 Å². The van der Waals surface area contributed by atoms with Gasteiger partial charge in [0.05, 0.1) is 12.7 Å². The predicted octanol–water partition coefficient (Wildman–Crippen LogP) is 4.61. The molecule has 0 saturated heterocycles. The highest BCUT2D eigenvalue weighted by Crippen LogP contribution is 2.47. The van der Waals surface area contributed by atoms with E-state index < -0.39 is 5.97 Å². The summed E-state index contributed by atoms with van der Waals surface area (Å²) in [6, 6.07) is 3.08. The molecule has 0 saturated carbocycles. The van der Waals surface area contributed by atoms with Crippen LogP contribution in [0.2, 0.25) is 0 Å². The zero-order chi connectivity index (χ0) is 19.4. The van der Waals surface area contributed by atoms with Crippen molar-refractivity contribution in [2.45, 2.75) is 58.3 Å². The Morgan fingerprint density at radius 2 is 2.04 bits per heavy atom. The lowest BCUT2D eigenvalue weighted by molar-refractivity contribution is -0.136. The number of carboxylic acids is 1. The largest absolute Gasteiger partial charge is 0.508 e. The van der Waals surface area contributed by atoms with E-state index in [0.717, 1.165) is 36.8 Å². The highest BCUT2D eigenvalue weighted by molar-refractivity contribution is 5.89. The summed E-state index contributed by atoms with van der Waals surface area (Å²) in [5.41, 5.74) is 2.58. The predicted molar refractivity (Wildman–Crippen MR) is 99.6 cm³/mol. The fourth-order valence-corrected chi connectivity index (χ4v) is 3.96. The van der Waals surface area contributed by atoms with Gasteiger partial charge in [-0.3, -0.25) is 0 Å². The summed E-state index contributed by atoms with van der Waals surface area (Å²) in [5, 5.41) is 19.7. The number of phenols is 1. The number of aromatic hydroxyl groups is 1. The van der Waals surface area contributed by atoms with Gasteiger partial charge in [-0.05, 0) is 68.1 Å². The summed E-state index contributed by atoms with van der Waals surface area (Å²) in [7, 11) is 1.37. The van der Waals surface area contributed by atoms with Gasteiger partial charge < -0.3 is 14.9 Å². The van der Waals surface area contributed by atoms with Gasteiger partial charge in [0.1, 0.15) is 5.75 Å². The van der Waals surface area contributed by atoms with Crippen LogP contribution in [0.4, 0.5) is 0 Å². The Hall–Kier alpha value is -2.30. The van der Waals surface area contributed by atoms with Crippen LogP contribution >= 0.6 is 0 Å². The number of fused-ring (bicyclic) bond motifs is 1. The monoisotopic (exact) mass is 360 g/mol. The molecule has 3 atom stereocenters. The number of methoxy groups -OCH3 is 1. The van der Waals surface area contributed by atoms with Crippen LogP contribution in [0, 0.1) is 5.92 Å². The number of allylic oxidation sites excluding steroid dienone is 1. The zero-order valence-corrected chi connectivity index (χ0v) is 15.9. The van der Waals surface area contributed by atoms with Crippen molar-refractivity contribution in [2.75, 3.05) is 7.11 Å². The Bertz CT molecular complexity index is 719. The maximum atomic E-state index is 11.5. The van der Waals surface area contributed by atoms with Crippen molar-refractivity contribution in [2.24, 2.45) is 5.92 Å². The lowest BCUT2D eigenvalue weighted by atomic mass is 9.71. The van der Waals surface area contributed by atoms with Gasteiger partial charge in [0.25, 0.3) is 0 Å². The number of phenolic OH excluding ortho intramolecular Hbond substituents is 1. The molecule has 5 heteroatoms. The maximum absolute atomic E-state index is 11.5. The van der Waals surface area contributed by atoms with Crippen molar-refractivity contribution in [3.63, 3.8) is 0 Å². The fourth-order valence-electron chi connectivity index (χ4n) is 3.96. The minimum absolute atomic E-state index is 0.0886. The summed E-state index contributed by atoms with van der Waals surface area (Å²) in [6.45, 7) is 5.96. The highest BCUT2D eigenvalue weighted by Gasteiger charge is 2.31. The first-order chi connectivity index (χ1) is 12.3. The van der Waals surface area contributed by atoms with Crippen LogP contribution in [0.1, 0.15) is 79.8 Å². The minimum Gasteiger partial charge on any atom is -0.508 e. The molecule has 26 heavy (non-hydrogen) atoms. The first kappa shape index (κ1) is 20.0. The summed E-state index contributed by atoms with van der Waals surface area (Å²) < 4.78 is 4.70. The molecule has 1 aliphatic rings. The standard InChI is InChI=1S/C21H28O5/c1-12(6-5-7-14(3)21(25)26-4)16-9-8-13(2)19-17(16)10-15(20(23)24)11-18(19)22/h7,10-13,16,22H,5-6,8-9H2,1-4H3,(H,23,24)/b14-7-/t12-,13+,16-/m0/s1. The maximum Gasteiger partial charge on any atom is 0.335 e. The molecule has 1 aromatic carbocycles. The van der Waals surface area contributed by atoms with Crippen molar-refractivity contribution in [3.05, 3.63) is 40.5 Å². The number of hydrogen-bond donors (Lipinski definition) is 2. The van der Waals surface area contributed by atoms with E-state index >= 15 is 0 Å². The number of rotatable bonds is 6. The van der Waals surface area contributed by atoms with Crippen LogP contribution in [0.25, 0.3) is 0 Å². The molecule has 0 heterocycles. The lowest BCUT2D eigenvalue weighted by Gasteiger charge is -2.34. The summed E-state index contributed by atoms with van der Waals surface area (Å²) in [6.07, 6.45) is 5.47. The Morgan fingerprint density at radius 1 is 1.35 bits per heavy atom. The van der Waals surface area contributed by atoms with Crippen LogP contribution in [0.3, 0.4) is 0 Å². The number of benzene rings is 1. The molecule has 5 nitrogen and oxygen atoms in total. The number of carboxylic acid groups (broad SMARTS) is 1. The SMILES string of the molecule is COC(=O)/C(C)=C\CC[C@H](C)[C@@H]1CC[C@@H](C)c2c(O)cc(C(=O)O)cc21. The van der Waals surface area contributed by atoms with Crippen LogP contribution in [-0.2, 0) is 9.53 Å². The van der Waals surface area contributed by atoms with E-state index in [4.69, 9.17) is 4.74 Å². The second-order valence-corrected chi connectivity index (χ2v) is 7.32. The van der Waals surface area contributed by atoms with Crippen LogP contribution in [0.15, 0.2) is 23.8 Å². The quantitative estimate of drug-likeness (QED) is 0.572. The number of carbonyl (C=O) groups excluding carboxylic acids is 1. The molecule has 0 aliphatic heterocycles. The Balaban J connectivity index is 2.22. The molecule has 0 aromatic heterocycles. The van der Waals surface area contributed by atoms with Crippen LogP contribution < -0.4 is 0 Å². The average Bonchev–Trinajstić information content (AvgIpc) is 2.60. The van der Waals surface area contributed by atoms with E-state index in [-0.39, 0.29) is 29.1 Å².